The average Bonchev–Trinajstić information content (AvgIpc) is 2.95. The van der Waals surface area contributed by atoms with Crippen molar-refractivity contribution in [2.24, 2.45) is 0 Å². The maximum atomic E-state index is 10.9. The van der Waals surface area contributed by atoms with E-state index in [4.69, 9.17) is 0 Å². The average molecular weight is 287 g/mol. The summed E-state index contributed by atoms with van der Waals surface area (Å²) >= 11 is 1.54. The zero-order valence-electron chi connectivity index (χ0n) is 10.2. The molecule has 0 amide bonds. The molecule has 0 radical (unpaired) electrons. The second kappa shape index (κ2) is 5.30. The van der Waals surface area contributed by atoms with Crippen LogP contribution in [0.5, 0.6) is 0 Å². The number of benzene rings is 2. The Kier molecular flexibility index (Phi) is 3.34. The molecule has 100 valence electrons. The van der Waals surface area contributed by atoms with Crippen LogP contribution < -0.4 is 0 Å². The summed E-state index contributed by atoms with van der Waals surface area (Å²) in [6.07, 6.45) is 0. The van der Waals surface area contributed by atoms with Crippen LogP contribution in [-0.2, 0) is 5.75 Å². The molecule has 0 saturated carbocycles. The van der Waals surface area contributed by atoms with Crippen molar-refractivity contribution in [1.82, 2.24) is 10.3 Å². The third-order valence-electron chi connectivity index (χ3n) is 2.79. The number of hydrogen-bond donors (Lipinski definition) is 0. The molecule has 0 aliphatic heterocycles. The summed E-state index contributed by atoms with van der Waals surface area (Å²) in [4.78, 5) is 11.2. The van der Waals surface area contributed by atoms with E-state index in [1.54, 1.807) is 17.8 Å². The van der Waals surface area contributed by atoms with Crippen molar-refractivity contribution >= 4 is 28.5 Å². The zero-order chi connectivity index (χ0) is 13.9. The predicted octanol–water partition coefficient (Wildman–Crippen LogP) is 3.42. The normalized spacial score (nSPS) is 10.8. The number of thioether (sulfide) groups is 1. The first-order valence-electron chi connectivity index (χ1n) is 5.82. The first kappa shape index (κ1) is 12.6. The minimum Gasteiger partial charge on any atom is -0.258 e. The Morgan fingerprint density at radius 3 is 2.60 bits per heavy atom. The lowest BCUT2D eigenvalue weighted by atomic mass is 10.2. The highest BCUT2D eigenvalue weighted by Crippen LogP contribution is 2.33. The Balaban J connectivity index is 1.91. The monoisotopic (exact) mass is 287 g/mol. The van der Waals surface area contributed by atoms with Gasteiger partial charge in [-0.15, -0.1) is 11.8 Å². The van der Waals surface area contributed by atoms with Gasteiger partial charge in [0.05, 0.1) is 4.92 Å². The number of nitrogens with zero attached hydrogens (tertiary/aromatic N) is 3. The lowest BCUT2D eigenvalue weighted by molar-refractivity contribution is -0.383. The topological polar surface area (TPSA) is 82.1 Å². The molecule has 20 heavy (non-hydrogen) atoms. The number of hydrogen-bond acceptors (Lipinski definition) is 6. The maximum absolute atomic E-state index is 10.9. The smallest absolute Gasteiger partial charge is 0.258 e. The summed E-state index contributed by atoms with van der Waals surface area (Å²) in [6.45, 7) is 0. The van der Waals surface area contributed by atoms with Gasteiger partial charge >= 0.3 is 5.69 Å². The van der Waals surface area contributed by atoms with Crippen LogP contribution in [0.15, 0.2) is 52.0 Å². The second-order valence-electron chi connectivity index (χ2n) is 4.08. The first-order chi connectivity index (χ1) is 9.75. The van der Waals surface area contributed by atoms with Crippen LogP contribution in [0, 0.1) is 10.1 Å². The summed E-state index contributed by atoms with van der Waals surface area (Å²) in [7, 11) is 0. The van der Waals surface area contributed by atoms with Gasteiger partial charge in [0.1, 0.15) is 0 Å². The summed E-state index contributed by atoms with van der Waals surface area (Å²) in [5.41, 5.74) is 1.69. The molecule has 0 aliphatic carbocycles. The SMILES string of the molecule is O=[N+]([O-])c1ccc(SCc2ccccc2)c2nonc12. The molecule has 0 atom stereocenters. The van der Waals surface area contributed by atoms with E-state index in [1.807, 2.05) is 30.3 Å². The first-order valence-corrected chi connectivity index (χ1v) is 6.80. The van der Waals surface area contributed by atoms with Crippen LogP contribution in [-0.4, -0.2) is 15.2 Å². The Morgan fingerprint density at radius 1 is 1.10 bits per heavy atom. The molecule has 0 N–H and O–H groups in total. The van der Waals surface area contributed by atoms with Crippen molar-refractivity contribution in [2.75, 3.05) is 0 Å². The van der Waals surface area contributed by atoms with Crippen molar-refractivity contribution in [1.29, 1.82) is 0 Å². The van der Waals surface area contributed by atoms with E-state index in [-0.39, 0.29) is 11.2 Å². The minimum absolute atomic E-state index is 0.0923. The molecule has 1 heterocycles. The van der Waals surface area contributed by atoms with Gasteiger partial charge < -0.3 is 0 Å². The molecule has 1 aromatic heterocycles. The van der Waals surface area contributed by atoms with Crippen molar-refractivity contribution < 1.29 is 9.55 Å². The van der Waals surface area contributed by atoms with E-state index in [0.29, 0.717) is 5.52 Å². The van der Waals surface area contributed by atoms with E-state index in [0.717, 1.165) is 10.6 Å². The molecule has 3 rings (SSSR count). The van der Waals surface area contributed by atoms with Crippen molar-refractivity contribution in [3.63, 3.8) is 0 Å². The van der Waals surface area contributed by atoms with E-state index in [2.05, 4.69) is 14.9 Å². The Bertz CT molecular complexity index is 758. The van der Waals surface area contributed by atoms with Crippen LogP contribution in [0.25, 0.3) is 11.0 Å². The third kappa shape index (κ3) is 2.35. The quantitative estimate of drug-likeness (QED) is 0.415. The third-order valence-corrected chi connectivity index (χ3v) is 3.91. The standard InChI is InChI=1S/C13H9N3O3S/c17-16(18)10-6-7-11(13-12(10)14-19-15-13)20-8-9-4-2-1-3-5-9/h1-7H,8H2. The number of rotatable bonds is 4. The Morgan fingerprint density at radius 2 is 1.85 bits per heavy atom. The molecule has 0 aliphatic rings. The Hall–Kier alpha value is -2.41. The summed E-state index contributed by atoms with van der Waals surface area (Å²) in [6, 6.07) is 13.1. The highest BCUT2D eigenvalue weighted by Gasteiger charge is 2.19. The number of aromatic nitrogens is 2. The minimum atomic E-state index is -0.488. The molecule has 6 nitrogen and oxygen atoms in total. The second-order valence-corrected chi connectivity index (χ2v) is 5.09. The number of nitro benzene ring substituents is 1. The van der Waals surface area contributed by atoms with E-state index < -0.39 is 4.92 Å². The number of non-ortho nitro benzene ring substituents is 1. The van der Waals surface area contributed by atoms with Crippen LogP contribution in [0.1, 0.15) is 5.56 Å². The highest BCUT2D eigenvalue weighted by atomic mass is 32.2. The molecule has 2 aromatic carbocycles. The summed E-state index contributed by atoms with van der Waals surface area (Å²) in [5.74, 6) is 0.751. The summed E-state index contributed by atoms with van der Waals surface area (Å²) < 4.78 is 4.63. The van der Waals surface area contributed by atoms with Crippen LogP contribution in [0.2, 0.25) is 0 Å². The molecule has 0 spiro atoms. The molecule has 0 unspecified atom stereocenters. The van der Waals surface area contributed by atoms with Gasteiger partial charge in [-0.05, 0) is 21.9 Å². The molecule has 0 saturated heterocycles. The largest absolute Gasteiger partial charge is 0.300 e. The molecule has 3 aromatic rings. The maximum Gasteiger partial charge on any atom is 0.300 e. The molecular weight excluding hydrogens is 278 g/mol. The van der Waals surface area contributed by atoms with E-state index in [9.17, 15) is 10.1 Å². The Labute approximate surface area is 117 Å². The molecule has 7 heteroatoms. The lowest BCUT2D eigenvalue weighted by Gasteiger charge is -2.02. The lowest BCUT2D eigenvalue weighted by Crippen LogP contribution is -1.90. The van der Waals surface area contributed by atoms with Crippen LogP contribution in [0.3, 0.4) is 0 Å². The van der Waals surface area contributed by atoms with Gasteiger partial charge in [0.2, 0.25) is 5.52 Å². The molecule has 0 fully saturated rings. The fourth-order valence-corrected chi connectivity index (χ4v) is 2.78. The van der Waals surface area contributed by atoms with Gasteiger partial charge in [0.25, 0.3) is 0 Å². The van der Waals surface area contributed by atoms with Gasteiger partial charge in [-0.2, -0.15) is 0 Å². The fourth-order valence-electron chi connectivity index (χ4n) is 1.83. The van der Waals surface area contributed by atoms with Gasteiger partial charge in [-0.3, -0.25) is 10.1 Å². The fraction of sp³-hybridized carbons (Fsp3) is 0.0769. The number of fused-ring (bicyclic) bond motifs is 1. The van der Waals surface area contributed by atoms with E-state index in [1.165, 1.54) is 11.6 Å². The van der Waals surface area contributed by atoms with Gasteiger partial charge in [-0.1, -0.05) is 30.3 Å². The van der Waals surface area contributed by atoms with E-state index >= 15 is 0 Å². The molecule has 0 bridgehead atoms. The van der Waals surface area contributed by atoms with Crippen molar-refractivity contribution in [3.8, 4) is 0 Å². The highest BCUT2D eigenvalue weighted by molar-refractivity contribution is 7.98. The number of nitro groups is 1. The van der Waals surface area contributed by atoms with Crippen LogP contribution in [0.4, 0.5) is 5.69 Å². The van der Waals surface area contributed by atoms with Gasteiger partial charge in [0, 0.05) is 16.7 Å². The van der Waals surface area contributed by atoms with Crippen molar-refractivity contribution in [2.45, 2.75) is 10.6 Å². The van der Waals surface area contributed by atoms with Gasteiger partial charge in [0.15, 0.2) is 5.52 Å². The van der Waals surface area contributed by atoms with Gasteiger partial charge in [-0.25, -0.2) is 4.63 Å². The van der Waals surface area contributed by atoms with Crippen LogP contribution >= 0.6 is 11.8 Å². The molecular formula is C13H9N3O3S. The van der Waals surface area contributed by atoms with Crippen molar-refractivity contribution in [3.05, 3.63) is 58.1 Å². The zero-order valence-corrected chi connectivity index (χ0v) is 11.0. The summed E-state index contributed by atoms with van der Waals surface area (Å²) in [5, 5.41) is 18.3. The predicted molar refractivity (Wildman–Crippen MR) is 74.5 cm³/mol.